The quantitative estimate of drug-likeness (QED) is 0.246. The van der Waals surface area contributed by atoms with Crippen molar-refractivity contribution in [2.24, 2.45) is 0 Å². The van der Waals surface area contributed by atoms with Crippen molar-refractivity contribution in [2.75, 3.05) is 11.5 Å². The molecule has 0 saturated carbocycles. The standard InChI is InChI=1S/C35H34N2/c1-22-9-5-13-26(17-22)21-30-31(27-14-6-10-23(2)18-27)34(36)33(29-16-8-12-25(4)20-29)35(37)32(30)28-15-7-11-24(3)19-28/h5-20H,21,36-37H2,1-4H3. The van der Waals surface area contributed by atoms with Crippen molar-refractivity contribution >= 4 is 11.4 Å². The van der Waals surface area contributed by atoms with Crippen molar-refractivity contribution in [2.45, 2.75) is 34.1 Å². The van der Waals surface area contributed by atoms with Crippen LogP contribution in [0.25, 0.3) is 33.4 Å². The molecular weight excluding hydrogens is 448 g/mol. The summed E-state index contributed by atoms with van der Waals surface area (Å²) in [6.07, 6.45) is 0.733. The molecule has 0 fully saturated rings. The van der Waals surface area contributed by atoms with Crippen LogP contribution in [-0.2, 0) is 6.42 Å². The lowest BCUT2D eigenvalue weighted by Crippen LogP contribution is -2.08. The van der Waals surface area contributed by atoms with E-state index in [2.05, 4.69) is 125 Å². The fraction of sp³-hybridized carbons (Fsp3) is 0.143. The molecule has 0 bridgehead atoms. The van der Waals surface area contributed by atoms with Crippen LogP contribution in [-0.4, -0.2) is 0 Å². The molecule has 0 aliphatic rings. The summed E-state index contributed by atoms with van der Waals surface area (Å²) in [4.78, 5) is 0. The number of nitrogen functional groups attached to an aromatic ring is 2. The minimum Gasteiger partial charge on any atom is -0.398 e. The van der Waals surface area contributed by atoms with Gasteiger partial charge < -0.3 is 11.5 Å². The van der Waals surface area contributed by atoms with Gasteiger partial charge >= 0.3 is 0 Å². The summed E-state index contributed by atoms with van der Waals surface area (Å²) in [5.74, 6) is 0. The first-order chi connectivity index (χ1) is 17.8. The Hall–Kier alpha value is -4.30. The third-order valence-corrected chi connectivity index (χ3v) is 7.06. The summed E-state index contributed by atoms with van der Waals surface area (Å²) in [6, 6.07) is 34.4. The van der Waals surface area contributed by atoms with E-state index in [4.69, 9.17) is 11.5 Å². The van der Waals surface area contributed by atoms with E-state index in [0.29, 0.717) is 0 Å². The van der Waals surface area contributed by atoms with Gasteiger partial charge in [-0.15, -0.1) is 0 Å². The van der Waals surface area contributed by atoms with Crippen molar-refractivity contribution in [3.63, 3.8) is 0 Å². The molecule has 0 aliphatic carbocycles. The Labute approximate surface area is 220 Å². The summed E-state index contributed by atoms with van der Waals surface area (Å²) in [6.45, 7) is 8.49. The van der Waals surface area contributed by atoms with E-state index >= 15 is 0 Å². The minimum absolute atomic E-state index is 0.729. The van der Waals surface area contributed by atoms with E-state index in [1.54, 1.807) is 0 Å². The topological polar surface area (TPSA) is 52.0 Å². The lowest BCUT2D eigenvalue weighted by atomic mass is 9.81. The molecule has 37 heavy (non-hydrogen) atoms. The molecule has 4 N–H and O–H groups in total. The molecule has 0 radical (unpaired) electrons. The maximum absolute atomic E-state index is 7.13. The number of hydrogen-bond donors (Lipinski definition) is 2. The zero-order valence-electron chi connectivity index (χ0n) is 22.1. The van der Waals surface area contributed by atoms with Crippen molar-refractivity contribution < 1.29 is 0 Å². The van der Waals surface area contributed by atoms with Crippen LogP contribution in [0.4, 0.5) is 11.4 Å². The van der Waals surface area contributed by atoms with Crippen LogP contribution in [0.2, 0.25) is 0 Å². The molecule has 2 heteroatoms. The Morgan fingerprint density at radius 3 is 1.24 bits per heavy atom. The van der Waals surface area contributed by atoms with Crippen molar-refractivity contribution in [3.8, 4) is 33.4 Å². The maximum atomic E-state index is 7.13. The van der Waals surface area contributed by atoms with E-state index in [1.165, 1.54) is 27.8 Å². The lowest BCUT2D eigenvalue weighted by molar-refractivity contribution is 1.19. The zero-order valence-corrected chi connectivity index (χ0v) is 22.1. The highest BCUT2D eigenvalue weighted by atomic mass is 14.7. The van der Waals surface area contributed by atoms with Gasteiger partial charge in [-0.2, -0.15) is 0 Å². The van der Waals surface area contributed by atoms with Crippen LogP contribution in [0.5, 0.6) is 0 Å². The first kappa shape index (κ1) is 24.4. The van der Waals surface area contributed by atoms with E-state index in [1.807, 2.05) is 0 Å². The van der Waals surface area contributed by atoms with Crippen LogP contribution in [0.15, 0.2) is 97.1 Å². The molecule has 0 atom stereocenters. The maximum Gasteiger partial charge on any atom is 0.0497 e. The predicted molar refractivity (Wildman–Crippen MR) is 160 cm³/mol. The Morgan fingerprint density at radius 2 is 0.838 bits per heavy atom. The molecular formula is C35H34N2. The van der Waals surface area contributed by atoms with Gasteiger partial charge in [-0.25, -0.2) is 0 Å². The highest BCUT2D eigenvalue weighted by molar-refractivity contribution is 6.05. The number of aryl methyl sites for hydroxylation is 4. The summed E-state index contributed by atoms with van der Waals surface area (Å²) in [7, 11) is 0. The van der Waals surface area contributed by atoms with Gasteiger partial charge in [0.2, 0.25) is 0 Å². The van der Waals surface area contributed by atoms with E-state index < -0.39 is 0 Å². The lowest BCUT2D eigenvalue weighted by Gasteiger charge is -2.25. The van der Waals surface area contributed by atoms with Gasteiger partial charge in [-0.1, -0.05) is 119 Å². The molecule has 0 spiro atoms. The van der Waals surface area contributed by atoms with E-state index in [9.17, 15) is 0 Å². The van der Waals surface area contributed by atoms with E-state index in [-0.39, 0.29) is 0 Å². The zero-order chi connectivity index (χ0) is 26.1. The predicted octanol–water partition coefficient (Wildman–Crippen LogP) is 8.68. The smallest absolute Gasteiger partial charge is 0.0497 e. The van der Waals surface area contributed by atoms with Crippen LogP contribution < -0.4 is 11.5 Å². The third kappa shape index (κ3) is 4.88. The van der Waals surface area contributed by atoms with Gasteiger partial charge in [0.25, 0.3) is 0 Å². The van der Waals surface area contributed by atoms with Crippen LogP contribution >= 0.6 is 0 Å². The van der Waals surface area contributed by atoms with Crippen molar-refractivity contribution in [1.29, 1.82) is 0 Å². The van der Waals surface area contributed by atoms with Crippen molar-refractivity contribution in [1.82, 2.24) is 0 Å². The fourth-order valence-corrected chi connectivity index (χ4v) is 5.42. The molecule has 2 nitrogen and oxygen atoms in total. The van der Waals surface area contributed by atoms with Gasteiger partial charge in [0.1, 0.15) is 0 Å². The summed E-state index contributed by atoms with van der Waals surface area (Å²) >= 11 is 0. The monoisotopic (exact) mass is 482 g/mol. The number of benzene rings is 5. The molecule has 0 amide bonds. The molecule has 5 rings (SSSR count). The number of hydrogen-bond acceptors (Lipinski definition) is 2. The number of rotatable bonds is 5. The molecule has 5 aromatic carbocycles. The first-order valence-corrected chi connectivity index (χ1v) is 12.8. The highest BCUT2D eigenvalue weighted by Gasteiger charge is 2.24. The second kappa shape index (κ2) is 9.99. The molecule has 0 aliphatic heterocycles. The Kier molecular flexibility index (Phi) is 6.58. The van der Waals surface area contributed by atoms with Gasteiger partial charge in [0, 0.05) is 28.1 Å². The van der Waals surface area contributed by atoms with Gasteiger partial charge in [0.15, 0.2) is 0 Å². The third-order valence-electron chi connectivity index (χ3n) is 7.06. The minimum atomic E-state index is 0.729. The van der Waals surface area contributed by atoms with Gasteiger partial charge in [0.05, 0.1) is 0 Å². The molecule has 0 unspecified atom stereocenters. The molecule has 184 valence electrons. The fourth-order valence-electron chi connectivity index (χ4n) is 5.42. The SMILES string of the molecule is Cc1cccc(Cc2c(-c3cccc(C)c3)c(N)c(-c3cccc(C)c3)c(N)c2-c2cccc(C)c2)c1. The summed E-state index contributed by atoms with van der Waals surface area (Å²) in [5.41, 5.74) is 29.2. The Balaban J connectivity index is 1.93. The van der Waals surface area contributed by atoms with Gasteiger partial charge in [-0.3, -0.25) is 0 Å². The summed E-state index contributed by atoms with van der Waals surface area (Å²) < 4.78 is 0. The highest BCUT2D eigenvalue weighted by Crippen LogP contribution is 2.49. The Morgan fingerprint density at radius 1 is 0.459 bits per heavy atom. The molecule has 0 saturated heterocycles. The first-order valence-electron chi connectivity index (χ1n) is 12.8. The summed E-state index contributed by atoms with van der Waals surface area (Å²) in [5, 5.41) is 0. The normalized spacial score (nSPS) is 11.0. The van der Waals surface area contributed by atoms with Crippen LogP contribution in [0.1, 0.15) is 33.4 Å². The van der Waals surface area contributed by atoms with Crippen LogP contribution in [0.3, 0.4) is 0 Å². The number of nitrogens with two attached hydrogens (primary N) is 2. The Bertz CT molecular complexity index is 1540. The second-order valence-corrected chi connectivity index (χ2v) is 10.2. The van der Waals surface area contributed by atoms with E-state index in [0.717, 1.165) is 56.7 Å². The second-order valence-electron chi connectivity index (χ2n) is 10.2. The number of anilines is 2. The largest absolute Gasteiger partial charge is 0.398 e. The molecule has 0 heterocycles. The average Bonchev–Trinajstić information content (AvgIpc) is 2.84. The van der Waals surface area contributed by atoms with Gasteiger partial charge in [-0.05, 0) is 61.9 Å². The average molecular weight is 483 g/mol. The van der Waals surface area contributed by atoms with Crippen LogP contribution in [0, 0.1) is 27.7 Å². The van der Waals surface area contributed by atoms with Crippen molar-refractivity contribution in [3.05, 3.63) is 130 Å². The molecule has 0 aromatic heterocycles. The molecule has 5 aromatic rings.